The van der Waals surface area contributed by atoms with E-state index in [0.29, 0.717) is 18.7 Å². The van der Waals surface area contributed by atoms with Crippen molar-refractivity contribution in [3.8, 4) is 0 Å². The molecule has 6 nitrogen and oxygen atoms in total. The molecule has 7 heteroatoms. The molecule has 0 amide bonds. The Morgan fingerprint density at radius 3 is 2.94 bits per heavy atom. The van der Waals surface area contributed by atoms with Crippen molar-refractivity contribution in [3.63, 3.8) is 0 Å². The molecular weight excluding hydrogens is 234 g/mol. The van der Waals surface area contributed by atoms with Crippen molar-refractivity contribution in [2.75, 3.05) is 13.2 Å². The number of rotatable bonds is 6. The Morgan fingerprint density at radius 2 is 2.38 bits per heavy atom. The Morgan fingerprint density at radius 1 is 1.62 bits per heavy atom. The highest BCUT2D eigenvalue weighted by Gasteiger charge is 2.19. The number of aliphatic hydroxyl groups is 1. The smallest absolute Gasteiger partial charge is 0.360 e. The van der Waals surface area contributed by atoms with Gasteiger partial charge in [-0.05, 0) is 13.3 Å². The van der Waals surface area contributed by atoms with Crippen LogP contribution in [0.4, 0.5) is 0 Å². The van der Waals surface area contributed by atoms with E-state index >= 15 is 0 Å². The molecule has 1 aromatic heterocycles. The number of hydrogen-bond donors (Lipinski definition) is 1. The van der Waals surface area contributed by atoms with Gasteiger partial charge in [0.05, 0.1) is 18.2 Å². The van der Waals surface area contributed by atoms with E-state index in [9.17, 15) is 4.79 Å². The molecule has 0 saturated carbocycles. The van der Waals surface area contributed by atoms with Crippen molar-refractivity contribution < 1.29 is 14.6 Å². The molecule has 0 saturated heterocycles. The van der Waals surface area contributed by atoms with Crippen molar-refractivity contribution in [2.24, 2.45) is 0 Å². The highest BCUT2D eigenvalue weighted by molar-refractivity contribution is 6.17. The molecule has 1 heterocycles. The lowest BCUT2D eigenvalue weighted by molar-refractivity contribution is 0.0518. The van der Waals surface area contributed by atoms with Gasteiger partial charge in [0.1, 0.15) is 0 Å². The zero-order chi connectivity index (χ0) is 12.0. The minimum Gasteiger partial charge on any atom is -0.461 e. The predicted molar refractivity (Wildman–Crippen MR) is 57.2 cm³/mol. The van der Waals surface area contributed by atoms with Crippen LogP contribution in [0.2, 0.25) is 0 Å². The quantitative estimate of drug-likeness (QED) is 0.588. The second-order valence-electron chi connectivity index (χ2n) is 3.04. The van der Waals surface area contributed by atoms with Crippen molar-refractivity contribution in [3.05, 3.63) is 11.4 Å². The summed E-state index contributed by atoms with van der Waals surface area (Å²) in [7, 11) is 0. The summed E-state index contributed by atoms with van der Waals surface area (Å²) in [4.78, 5) is 11.5. The highest BCUT2D eigenvalue weighted by Crippen LogP contribution is 2.10. The molecule has 1 N–H and O–H groups in total. The van der Waals surface area contributed by atoms with Gasteiger partial charge in [-0.3, -0.25) is 0 Å². The summed E-state index contributed by atoms with van der Waals surface area (Å²) < 4.78 is 6.33. The van der Waals surface area contributed by atoms with Gasteiger partial charge in [-0.25, -0.2) is 9.48 Å². The van der Waals surface area contributed by atoms with Gasteiger partial charge in [-0.15, -0.1) is 16.7 Å². The van der Waals surface area contributed by atoms with Crippen LogP contribution >= 0.6 is 11.6 Å². The summed E-state index contributed by atoms with van der Waals surface area (Å²) >= 11 is 5.73. The Bertz CT molecular complexity index is 354. The highest BCUT2D eigenvalue weighted by atomic mass is 35.5. The molecule has 90 valence electrons. The molecule has 0 aliphatic heterocycles. The van der Waals surface area contributed by atoms with E-state index in [0.717, 1.165) is 0 Å². The maximum atomic E-state index is 11.5. The molecule has 0 unspecified atom stereocenters. The first kappa shape index (κ1) is 12.9. The van der Waals surface area contributed by atoms with Gasteiger partial charge in [0.25, 0.3) is 0 Å². The lowest BCUT2D eigenvalue weighted by Gasteiger charge is -2.03. The van der Waals surface area contributed by atoms with Crippen molar-refractivity contribution >= 4 is 17.6 Å². The van der Waals surface area contributed by atoms with Crippen LogP contribution in [0, 0.1) is 0 Å². The Hall–Kier alpha value is -1.14. The fourth-order valence-corrected chi connectivity index (χ4v) is 1.49. The predicted octanol–water partition coefficient (Wildman–Crippen LogP) is 0.576. The molecule has 0 aliphatic rings. The summed E-state index contributed by atoms with van der Waals surface area (Å²) in [5, 5.41) is 16.2. The monoisotopic (exact) mass is 247 g/mol. The third-order valence-electron chi connectivity index (χ3n) is 1.96. The van der Waals surface area contributed by atoms with Gasteiger partial charge in [-0.1, -0.05) is 5.21 Å². The molecular formula is C9H14ClN3O3. The van der Waals surface area contributed by atoms with E-state index in [4.69, 9.17) is 21.4 Å². The number of carbonyl (C=O) groups is 1. The molecule has 0 aliphatic carbocycles. The van der Waals surface area contributed by atoms with E-state index in [1.54, 1.807) is 6.92 Å². The average molecular weight is 248 g/mol. The van der Waals surface area contributed by atoms with Gasteiger partial charge in [0.15, 0.2) is 5.69 Å². The van der Waals surface area contributed by atoms with Crippen LogP contribution in [-0.4, -0.2) is 39.3 Å². The second-order valence-corrected chi connectivity index (χ2v) is 3.31. The number of esters is 1. The topological polar surface area (TPSA) is 77.2 Å². The minimum atomic E-state index is -0.520. The maximum Gasteiger partial charge on any atom is 0.360 e. The zero-order valence-corrected chi connectivity index (χ0v) is 9.77. The van der Waals surface area contributed by atoms with Crippen molar-refractivity contribution in [2.45, 2.75) is 25.8 Å². The number of ether oxygens (including phenoxy) is 1. The number of alkyl halides is 1. The molecule has 0 radical (unpaired) electrons. The molecule has 16 heavy (non-hydrogen) atoms. The fraction of sp³-hybridized carbons (Fsp3) is 0.667. The van der Waals surface area contributed by atoms with Crippen LogP contribution in [0.5, 0.6) is 0 Å². The van der Waals surface area contributed by atoms with Crippen molar-refractivity contribution in [1.29, 1.82) is 0 Å². The Labute approximate surface area is 98.2 Å². The molecule has 1 aromatic rings. The van der Waals surface area contributed by atoms with Crippen molar-refractivity contribution in [1.82, 2.24) is 15.0 Å². The normalized spacial score (nSPS) is 10.4. The van der Waals surface area contributed by atoms with E-state index in [2.05, 4.69) is 10.3 Å². The average Bonchev–Trinajstić information content (AvgIpc) is 2.69. The van der Waals surface area contributed by atoms with Crippen LogP contribution in [0.1, 0.15) is 29.5 Å². The van der Waals surface area contributed by atoms with Crippen LogP contribution in [0.15, 0.2) is 0 Å². The summed E-state index contributed by atoms with van der Waals surface area (Å²) in [6.07, 6.45) is 0.537. The first-order chi connectivity index (χ1) is 7.74. The van der Waals surface area contributed by atoms with Crippen LogP contribution in [0.25, 0.3) is 0 Å². The lowest BCUT2D eigenvalue weighted by atomic mass is 10.3. The summed E-state index contributed by atoms with van der Waals surface area (Å²) in [5.74, 6) is -0.388. The lowest BCUT2D eigenvalue weighted by Crippen LogP contribution is -2.10. The van der Waals surface area contributed by atoms with Gasteiger partial charge in [0.2, 0.25) is 0 Å². The first-order valence-corrected chi connectivity index (χ1v) is 5.54. The van der Waals surface area contributed by atoms with E-state index in [1.165, 1.54) is 4.68 Å². The summed E-state index contributed by atoms with van der Waals surface area (Å²) in [5.41, 5.74) is 0.670. The van der Waals surface area contributed by atoms with Gasteiger partial charge in [-0.2, -0.15) is 0 Å². The largest absolute Gasteiger partial charge is 0.461 e. The zero-order valence-electron chi connectivity index (χ0n) is 9.02. The second kappa shape index (κ2) is 6.44. The molecule has 0 fully saturated rings. The number of aromatic nitrogens is 3. The van der Waals surface area contributed by atoms with E-state index in [-0.39, 0.29) is 24.8 Å². The number of halogens is 1. The van der Waals surface area contributed by atoms with E-state index < -0.39 is 5.97 Å². The molecule has 0 bridgehead atoms. The SMILES string of the molecule is CCOC(=O)c1nnn(CCCO)c1CCl. The number of hydrogen-bond acceptors (Lipinski definition) is 5. The number of nitrogens with zero attached hydrogens (tertiary/aromatic N) is 3. The summed E-state index contributed by atoms with van der Waals surface area (Å²) in [6, 6.07) is 0. The van der Waals surface area contributed by atoms with Crippen LogP contribution in [-0.2, 0) is 17.2 Å². The number of carbonyl (C=O) groups excluding carboxylic acids is 1. The van der Waals surface area contributed by atoms with E-state index in [1.807, 2.05) is 0 Å². The molecule has 0 aromatic carbocycles. The fourth-order valence-electron chi connectivity index (χ4n) is 1.22. The molecule has 1 rings (SSSR count). The first-order valence-electron chi connectivity index (χ1n) is 5.00. The number of aryl methyl sites for hydroxylation is 1. The van der Waals surface area contributed by atoms with Gasteiger partial charge >= 0.3 is 5.97 Å². The molecule has 0 atom stereocenters. The van der Waals surface area contributed by atoms with Gasteiger partial charge < -0.3 is 9.84 Å². The standard InChI is InChI=1S/C9H14ClN3O3/c1-2-16-9(15)8-7(6-10)13(12-11-8)4-3-5-14/h14H,2-6H2,1H3. The summed E-state index contributed by atoms with van der Waals surface area (Å²) in [6.45, 7) is 2.53. The third kappa shape index (κ3) is 2.93. The van der Waals surface area contributed by atoms with Gasteiger partial charge in [0, 0.05) is 13.2 Å². The minimum absolute atomic E-state index is 0.0519. The Balaban J connectivity index is 2.85. The third-order valence-corrected chi connectivity index (χ3v) is 2.21. The number of aliphatic hydroxyl groups excluding tert-OH is 1. The maximum absolute atomic E-state index is 11.5. The molecule has 0 spiro atoms. The Kier molecular flexibility index (Phi) is 5.21. The van der Waals surface area contributed by atoms with Crippen LogP contribution in [0.3, 0.4) is 0 Å². The van der Waals surface area contributed by atoms with Crippen LogP contribution < -0.4 is 0 Å².